The third-order valence-electron chi connectivity index (χ3n) is 4.63. The van der Waals surface area contributed by atoms with Gasteiger partial charge in [-0.2, -0.15) is 0 Å². The molecule has 3 nitrogen and oxygen atoms in total. The number of rotatable bonds is 4. The maximum atomic E-state index is 12.4. The van der Waals surface area contributed by atoms with Gasteiger partial charge in [0.1, 0.15) is 0 Å². The standard InChI is InChI=1S/C18H20BrNO2/c1-13-11-15(19)22-16(13)17(21)20-12-18(9-5-6-10-18)14-7-3-2-4-8-14/h2-4,7-8,11H,5-6,9-10,12H2,1H3,(H,20,21). The number of hydrogen-bond donors (Lipinski definition) is 1. The molecule has 22 heavy (non-hydrogen) atoms. The molecule has 0 spiro atoms. The molecule has 4 heteroatoms. The lowest BCUT2D eigenvalue weighted by atomic mass is 9.79. The first-order valence-corrected chi connectivity index (χ1v) is 8.50. The van der Waals surface area contributed by atoms with Crippen LogP contribution in [0.5, 0.6) is 0 Å². The van der Waals surface area contributed by atoms with Gasteiger partial charge in [0.05, 0.1) is 0 Å². The summed E-state index contributed by atoms with van der Waals surface area (Å²) < 4.78 is 6.03. The minimum Gasteiger partial charge on any atom is -0.444 e. The zero-order chi connectivity index (χ0) is 15.6. The van der Waals surface area contributed by atoms with Gasteiger partial charge in [-0.3, -0.25) is 4.79 Å². The molecule has 0 radical (unpaired) electrons. The van der Waals surface area contributed by atoms with E-state index in [1.54, 1.807) is 0 Å². The number of halogens is 1. The lowest BCUT2D eigenvalue weighted by Crippen LogP contribution is -2.39. The molecule has 0 atom stereocenters. The highest BCUT2D eigenvalue weighted by atomic mass is 79.9. The molecular weight excluding hydrogens is 342 g/mol. The van der Waals surface area contributed by atoms with Gasteiger partial charge in [0.2, 0.25) is 0 Å². The van der Waals surface area contributed by atoms with Gasteiger partial charge in [-0.05, 0) is 47.3 Å². The average molecular weight is 362 g/mol. The Balaban J connectivity index is 1.76. The van der Waals surface area contributed by atoms with Gasteiger partial charge in [-0.25, -0.2) is 0 Å². The van der Waals surface area contributed by atoms with E-state index in [0.717, 1.165) is 18.4 Å². The minimum atomic E-state index is -0.134. The van der Waals surface area contributed by atoms with Crippen LogP contribution in [0.2, 0.25) is 0 Å². The SMILES string of the molecule is Cc1cc(Br)oc1C(=O)NCC1(c2ccccc2)CCCC1. The Hall–Kier alpha value is -1.55. The van der Waals surface area contributed by atoms with E-state index in [9.17, 15) is 4.79 Å². The molecule has 1 N–H and O–H groups in total. The van der Waals surface area contributed by atoms with Crippen molar-refractivity contribution in [2.45, 2.75) is 38.0 Å². The first-order valence-electron chi connectivity index (χ1n) is 7.70. The highest BCUT2D eigenvalue weighted by Gasteiger charge is 2.36. The molecule has 0 bridgehead atoms. The van der Waals surface area contributed by atoms with E-state index in [-0.39, 0.29) is 11.3 Å². The fourth-order valence-electron chi connectivity index (χ4n) is 3.41. The maximum Gasteiger partial charge on any atom is 0.287 e. The van der Waals surface area contributed by atoms with Crippen LogP contribution in [0.4, 0.5) is 0 Å². The number of aryl methyl sites for hydroxylation is 1. The van der Waals surface area contributed by atoms with Gasteiger partial charge in [-0.15, -0.1) is 0 Å². The summed E-state index contributed by atoms with van der Waals surface area (Å²) in [4.78, 5) is 12.4. The molecule has 1 aliphatic carbocycles. The quantitative estimate of drug-likeness (QED) is 0.864. The topological polar surface area (TPSA) is 42.2 Å². The second-order valence-electron chi connectivity index (χ2n) is 6.10. The Bertz CT molecular complexity index is 657. The van der Waals surface area contributed by atoms with Crippen LogP contribution in [0.3, 0.4) is 0 Å². The van der Waals surface area contributed by atoms with Crippen LogP contribution < -0.4 is 5.32 Å². The molecule has 1 amide bonds. The fraction of sp³-hybridized carbons (Fsp3) is 0.389. The smallest absolute Gasteiger partial charge is 0.287 e. The van der Waals surface area contributed by atoms with Crippen LogP contribution in [0.25, 0.3) is 0 Å². The van der Waals surface area contributed by atoms with Crippen molar-refractivity contribution in [3.05, 3.63) is 58.0 Å². The Kier molecular flexibility index (Phi) is 4.39. The van der Waals surface area contributed by atoms with Crippen LogP contribution in [0, 0.1) is 6.92 Å². The van der Waals surface area contributed by atoms with E-state index < -0.39 is 0 Å². The van der Waals surface area contributed by atoms with Crippen molar-refractivity contribution in [1.82, 2.24) is 5.32 Å². The second-order valence-corrected chi connectivity index (χ2v) is 6.88. The average Bonchev–Trinajstić information content (AvgIpc) is 3.13. The maximum absolute atomic E-state index is 12.4. The number of carbonyl (C=O) groups is 1. The number of furan rings is 1. The highest BCUT2D eigenvalue weighted by molar-refractivity contribution is 9.10. The summed E-state index contributed by atoms with van der Waals surface area (Å²) in [5.41, 5.74) is 2.24. The van der Waals surface area contributed by atoms with Gasteiger partial charge >= 0.3 is 0 Å². The summed E-state index contributed by atoms with van der Waals surface area (Å²) in [6.45, 7) is 2.54. The molecule has 0 unspecified atom stereocenters. The van der Waals surface area contributed by atoms with Gasteiger partial charge in [-0.1, -0.05) is 43.2 Å². The molecule has 1 aliphatic rings. The Morgan fingerprint density at radius 2 is 1.95 bits per heavy atom. The Labute approximate surface area is 139 Å². The van der Waals surface area contributed by atoms with Crippen LogP contribution in [0.15, 0.2) is 45.5 Å². The van der Waals surface area contributed by atoms with Gasteiger partial charge in [0.15, 0.2) is 10.4 Å². The third-order valence-corrected chi connectivity index (χ3v) is 5.02. The van der Waals surface area contributed by atoms with Gasteiger partial charge < -0.3 is 9.73 Å². The van der Waals surface area contributed by atoms with E-state index in [1.807, 2.05) is 19.1 Å². The predicted octanol–water partition coefficient (Wildman–Crippen LogP) is 4.59. The highest BCUT2D eigenvalue weighted by Crippen LogP contribution is 2.40. The van der Waals surface area contributed by atoms with Crippen LogP contribution >= 0.6 is 15.9 Å². The molecule has 0 aliphatic heterocycles. The number of benzene rings is 1. The van der Waals surface area contributed by atoms with E-state index in [0.29, 0.717) is 17.0 Å². The first kappa shape index (κ1) is 15.3. The minimum absolute atomic E-state index is 0.0641. The molecule has 1 saturated carbocycles. The zero-order valence-electron chi connectivity index (χ0n) is 12.7. The number of hydrogen-bond acceptors (Lipinski definition) is 2. The van der Waals surface area contributed by atoms with Crippen molar-refractivity contribution in [2.75, 3.05) is 6.54 Å². The normalized spacial score (nSPS) is 16.6. The summed E-state index contributed by atoms with van der Waals surface area (Å²) in [5, 5.41) is 3.08. The van der Waals surface area contributed by atoms with E-state index in [2.05, 4.69) is 45.5 Å². The lowest BCUT2D eigenvalue weighted by molar-refractivity contribution is 0.0913. The summed E-state index contributed by atoms with van der Waals surface area (Å²) in [6.07, 6.45) is 4.68. The summed E-state index contributed by atoms with van der Waals surface area (Å²) >= 11 is 3.27. The second kappa shape index (κ2) is 6.29. The van der Waals surface area contributed by atoms with Crippen molar-refractivity contribution in [2.24, 2.45) is 0 Å². The predicted molar refractivity (Wildman–Crippen MR) is 90.1 cm³/mol. The molecule has 1 aromatic heterocycles. The molecule has 1 fully saturated rings. The molecular formula is C18H20BrNO2. The monoisotopic (exact) mass is 361 g/mol. The third kappa shape index (κ3) is 2.98. The molecule has 3 rings (SSSR count). The van der Waals surface area contributed by atoms with Crippen molar-refractivity contribution < 1.29 is 9.21 Å². The molecule has 2 aromatic rings. The van der Waals surface area contributed by atoms with E-state index in [1.165, 1.54) is 18.4 Å². The van der Waals surface area contributed by atoms with E-state index >= 15 is 0 Å². The summed E-state index contributed by atoms with van der Waals surface area (Å²) in [6, 6.07) is 12.3. The molecule has 1 aromatic carbocycles. The molecule has 116 valence electrons. The molecule has 1 heterocycles. The first-order chi connectivity index (χ1) is 10.6. The van der Waals surface area contributed by atoms with Crippen molar-refractivity contribution in [1.29, 1.82) is 0 Å². The van der Waals surface area contributed by atoms with E-state index in [4.69, 9.17) is 4.42 Å². The number of carbonyl (C=O) groups excluding carboxylic acids is 1. The van der Waals surface area contributed by atoms with Gasteiger partial charge in [0, 0.05) is 17.5 Å². The van der Waals surface area contributed by atoms with Crippen molar-refractivity contribution >= 4 is 21.8 Å². The Morgan fingerprint density at radius 1 is 1.27 bits per heavy atom. The lowest BCUT2D eigenvalue weighted by Gasteiger charge is -2.29. The summed E-state index contributed by atoms with van der Waals surface area (Å²) in [5.74, 6) is 0.262. The van der Waals surface area contributed by atoms with Crippen molar-refractivity contribution in [3.8, 4) is 0 Å². The number of amides is 1. The van der Waals surface area contributed by atoms with Gasteiger partial charge in [0.25, 0.3) is 5.91 Å². The van der Waals surface area contributed by atoms with Crippen molar-refractivity contribution in [3.63, 3.8) is 0 Å². The summed E-state index contributed by atoms with van der Waals surface area (Å²) in [7, 11) is 0. The zero-order valence-corrected chi connectivity index (χ0v) is 14.3. The fourth-order valence-corrected chi connectivity index (χ4v) is 3.91. The van der Waals surface area contributed by atoms with Crippen LogP contribution in [0.1, 0.15) is 47.4 Å². The Morgan fingerprint density at radius 3 is 2.55 bits per heavy atom. The number of nitrogens with one attached hydrogen (secondary N) is 1. The largest absolute Gasteiger partial charge is 0.444 e. The van der Waals surface area contributed by atoms with Crippen LogP contribution in [-0.2, 0) is 5.41 Å². The molecule has 0 saturated heterocycles. The van der Waals surface area contributed by atoms with Crippen LogP contribution in [-0.4, -0.2) is 12.5 Å².